The number of carbonyl (C=O) groups excluding carboxylic acids is 1. The lowest BCUT2D eigenvalue weighted by Crippen LogP contribution is -2.42. The molecule has 1 amide bonds. The lowest BCUT2D eigenvalue weighted by Gasteiger charge is -2.29. The van der Waals surface area contributed by atoms with E-state index in [-0.39, 0.29) is 37.7 Å². The summed E-state index contributed by atoms with van der Waals surface area (Å²) in [5.74, 6) is 1.93. The molecule has 0 bridgehead atoms. The molecular weight excluding hydrogens is 502 g/mol. The highest BCUT2D eigenvalue weighted by Crippen LogP contribution is 2.48. The number of rotatable bonds is 4. The molecule has 1 aliphatic heterocycles. The molecule has 1 heterocycles. The Morgan fingerprint density at radius 3 is 2.39 bits per heavy atom. The number of aliphatic imine (C=N–C) groups is 1. The average molecular weight is 517 g/mol. The second-order valence-electron chi connectivity index (χ2n) is 7.77. The lowest BCUT2D eigenvalue weighted by atomic mass is 9.90. The van der Waals surface area contributed by atoms with Gasteiger partial charge in [-0.2, -0.15) is 13.2 Å². The van der Waals surface area contributed by atoms with E-state index in [1.54, 1.807) is 0 Å². The minimum Gasteiger partial charge on any atom is -0.336 e. The fraction of sp³-hybridized carbons (Fsp3) is 0.273. The largest absolute Gasteiger partial charge is 0.424 e. The number of nitrogens with one attached hydrogen (secondary N) is 2. The van der Waals surface area contributed by atoms with Crippen molar-refractivity contribution in [2.24, 2.45) is 4.99 Å². The third-order valence-electron chi connectivity index (χ3n) is 5.38. The van der Waals surface area contributed by atoms with E-state index in [0.29, 0.717) is 12.8 Å². The van der Waals surface area contributed by atoms with Crippen LogP contribution < -0.4 is 10.8 Å². The number of nitrogens with zero attached hydrogens (tertiary/aromatic N) is 1. The number of terminal acetylenes is 1. The first-order valence-corrected chi connectivity index (χ1v) is 10.8. The molecule has 2 fully saturated rings. The summed E-state index contributed by atoms with van der Waals surface area (Å²) in [5, 5.41) is 2.95. The van der Waals surface area contributed by atoms with Gasteiger partial charge in [0.25, 0.3) is 5.91 Å². The minimum atomic E-state index is -4.82. The first-order valence-electron chi connectivity index (χ1n) is 9.62. The molecule has 1 saturated carbocycles. The van der Waals surface area contributed by atoms with E-state index >= 15 is 0 Å². The van der Waals surface area contributed by atoms with E-state index < -0.39 is 29.6 Å². The number of hydroxylamine groups is 1. The molecule has 172 valence electrons. The van der Waals surface area contributed by atoms with Crippen molar-refractivity contribution < 1.29 is 22.8 Å². The Bertz CT molecular complexity index is 1190. The standard InChI is InChI=1S/C22H15Cl3F3N3O2/c1-2-20(5-6-20)30-19(32)16-10-15(3-4-17(16)25)29-18-11-21(33-31-18,22(26,27)28)12-7-13(23)9-14(24)8-12/h1,3-4,7-10H,5-6,11H2,(H,29,31)(H,30,32). The monoisotopic (exact) mass is 515 g/mol. The number of hydrogen-bond donors (Lipinski definition) is 2. The van der Waals surface area contributed by atoms with Crippen molar-refractivity contribution in [1.29, 1.82) is 0 Å². The summed E-state index contributed by atoms with van der Waals surface area (Å²) in [7, 11) is 0. The highest BCUT2D eigenvalue weighted by molar-refractivity contribution is 6.35. The molecule has 1 unspecified atom stereocenters. The fourth-order valence-electron chi connectivity index (χ4n) is 3.41. The summed E-state index contributed by atoms with van der Waals surface area (Å²) >= 11 is 18.0. The highest BCUT2D eigenvalue weighted by atomic mass is 35.5. The van der Waals surface area contributed by atoms with Gasteiger partial charge < -0.3 is 5.32 Å². The average Bonchev–Trinajstić information content (AvgIpc) is 3.36. The first-order chi connectivity index (χ1) is 15.5. The molecule has 11 heteroatoms. The summed E-state index contributed by atoms with van der Waals surface area (Å²) in [6, 6.07) is 7.84. The summed E-state index contributed by atoms with van der Waals surface area (Å²) in [6.07, 6.45) is 1.28. The van der Waals surface area contributed by atoms with Crippen molar-refractivity contribution in [3.63, 3.8) is 0 Å². The van der Waals surface area contributed by atoms with Gasteiger partial charge in [0.05, 0.1) is 22.7 Å². The summed E-state index contributed by atoms with van der Waals surface area (Å²) in [6.45, 7) is 0. The van der Waals surface area contributed by atoms with E-state index in [1.807, 2.05) is 0 Å². The minimum absolute atomic E-state index is 0.0314. The van der Waals surface area contributed by atoms with Crippen LogP contribution in [0.2, 0.25) is 15.1 Å². The van der Waals surface area contributed by atoms with Gasteiger partial charge in [0.1, 0.15) is 11.4 Å². The smallest absolute Gasteiger partial charge is 0.336 e. The van der Waals surface area contributed by atoms with Crippen molar-refractivity contribution >= 4 is 52.2 Å². The number of benzene rings is 2. The van der Waals surface area contributed by atoms with E-state index in [2.05, 4.69) is 21.7 Å². The van der Waals surface area contributed by atoms with Crippen molar-refractivity contribution in [3.05, 3.63) is 62.6 Å². The molecule has 0 aromatic heterocycles. The van der Waals surface area contributed by atoms with E-state index in [9.17, 15) is 18.0 Å². The van der Waals surface area contributed by atoms with Crippen LogP contribution in [0.25, 0.3) is 0 Å². The molecule has 2 aromatic carbocycles. The number of carbonyl (C=O) groups is 1. The molecule has 2 N–H and O–H groups in total. The molecule has 2 aromatic rings. The van der Waals surface area contributed by atoms with Gasteiger partial charge in [-0.15, -0.1) is 6.42 Å². The summed E-state index contributed by atoms with van der Waals surface area (Å²) in [4.78, 5) is 21.8. The zero-order valence-electron chi connectivity index (χ0n) is 16.7. The lowest BCUT2D eigenvalue weighted by molar-refractivity contribution is -0.282. The molecule has 33 heavy (non-hydrogen) atoms. The molecule has 1 aliphatic carbocycles. The second-order valence-corrected chi connectivity index (χ2v) is 9.05. The predicted octanol–water partition coefficient (Wildman–Crippen LogP) is 5.96. The van der Waals surface area contributed by atoms with Crippen LogP contribution in [-0.4, -0.2) is 23.5 Å². The number of amides is 1. The van der Waals surface area contributed by atoms with Crippen LogP contribution in [0.4, 0.5) is 18.9 Å². The Kier molecular flexibility index (Phi) is 6.04. The van der Waals surface area contributed by atoms with Crippen LogP contribution in [-0.2, 0) is 10.4 Å². The normalized spacial score (nSPS) is 22.5. The van der Waals surface area contributed by atoms with Gasteiger partial charge in [-0.1, -0.05) is 40.7 Å². The Morgan fingerprint density at radius 1 is 1.15 bits per heavy atom. The maximum absolute atomic E-state index is 14.1. The van der Waals surface area contributed by atoms with Gasteiger partial charge in [0.15, 0.2) is 0 Å². The molecule has 0 spiro atoms. The Hall–Kier alpha value is -2.44. The summed E-state index contributed by atoms with van der Waals surface area (Å²) in [5.41, 5.74) is -1.17. The Labute approximate surface area is 202 Å². The zero-order chi connectivity index (χ0) is 24.0. The molecule has 1 atom stereocenters. The molecule has 5 nitrogen and oxygen atoms in total. The van der Waals surface area contributed by atoms with Crippen molar-refractivity contribution in [1.82, 2.24) is 10.8 Å². The Morgan fingerprint density at radius 2 is 1.82 bits per heavy atom. The van der Waals surface area contributed by atoms with Crippen molar-refractivity contribution in [3.8, 4) is 12.3 Å². The van der Waals surface area contributed by atoms with E-state index in [0.717, 1.165) is 12.1 Å². The van der Waals surface area contributed by atoms with E-state index in [4.69, 9.17) is 46.1 Å². The van der Waals surface area contributed by atoms with Gasteiger partial charge in [-0.3, -0.25) is 15.1 Å². The van der Waals surface area contributed by atoms with Crippen molar-refractivity contribution in [2.75, 3.05) is 0 Å². The quantitative estimate of drug-likeness (QED) is 0.493. The molecule has 2 aliphatic rings. The topological polar surface area (TPSA) is 62.7 Å². The maximum Gasteiger partial charge on any atom is 0.424 e. The van der Waals surface area contributed by atoms with Gasteiger partial charge in [-0.25, -0.2) is 4.99 Å². The maximum atomic E-state index is 14.1. The van der Waals surface area contributed by atoms with Crippen LogP contribution in [0.1, 0.15) is 35.2 Å². The predicted molar refractivity (Wildman–Crippen MR) is 120 cm³/mol. The Balaban J connectivity index is 1.64. The number of alkyl halides is 3. The third-order valence-corrected chi connectivity index (χ3v) is 6.15. The van der Waals surface area contributed by atoms with Crippen LogP contribution in [0, 0.1) is 12.3 Å². The van der Waals surface area contributed by atoms with E-state index in [1.165, 1.54) is 24.3 Å². The molecule has 0 radical (unpaired) electrons. The molecular formula is C22H15Cl3F3N3O2. The molecule has 4 rings (SSSR count). The van der Waals surface area contributed by atoms with Gasteiger partial charge in [0, 0.05) is 10.0 Å². The van der Waals surface area contributed by atoms with Crippen LogP contribution >= 0.6 is 34.8 Å². The third kappa shape index (κ3) is 4.64. The number of amidine groups is 1. The van der Waals surface area contributed by atoms with Gasteiger partial charge >= 0.3 is 6.18 Å². The van der Waals surface area contributed by atoms with Crippen LogP contribution in [0.15, 0.2) is 41.4 Å². The zero-order valence-corrected chi connectivity index (χ0v) is 19.0. The van der Waals surface area contributed by atoms with Gasteiger partial charge in [0.2, 0.25) is 5.60 Å². The second kappa shape index (κ2) is 8.41. The number of hydrogen-bond acceptors (Lipinski definition) is 3. The van der Waals surface area contributed by atoms with Gasteiger partial charge in [-0.05, 0) is 54.8 Å². The highest BCUT2D eigenvalue weighted by Gasteiger charge is 2.62. The SMILES string of the molecule is C#CC1(NC(=O)c2cc(N=C3CC(c4cc(Cl)cc(Cl)c4)(C(F)(F)F)ON3)ccc2Cl)CC1. The van der Waals surface area contributed by atoms with Crippen LogP contribution in [0.5, 0.6) is 0 Å². The number of halogens is 6. The summed E-state index contributed by atoms with van der Waals surface area (Å²) < 4.78 is 42.3. The van der Waals surface area contributed by atoms with Crippen molar-refractivity contribution in [2.45, 2.75) is 36.6 Å². The molecule has 1 saturated heterocycles. The fourth-order valence-corrected chi connectivity index (χ4v) is 4.14. The first kappa shape index (κ1) is 23.7. The van der Waals surface area contributed by atoms with Crippen LogP contribution in [0.3, 0.4) is 0 Å².